The number of nitrogens with zero attached hydrogens (tertiary/aromatic N) is 2. The van der Waals surface area contributed by atoms with Crippen LogP contribution in [0.15, 0.2) is 48.1 Å². The highest BCUT2D eigenvalue weighted by Gasteiger charge is 2.08. The topological polar surface area (TPSA) is 37.8 Å². The summed E-state index contributed by atoms with van der Waals surface area (Å²) >= 11 is 1.62. The Morgan fingerprint density at radius 3 is 2.95 bits per heavy atom. The monoisotopic (exact) mass is 295 g/mol. The molecule has 0 saturated carbocycles. The van der Waals surface area contributed by atoms with Crippen molar-refractivity contribution >= 4 is 22.2 Å². The van der Waals surface area contributed by atoms with Crippen molar-refractivity contribution in [2.45, 2.75) is 20.3 Å². The van der Waals surface area contributed by atoms with Crippen LogP contribution in [-0.4, -0.2) is 9.97 Å². The van der Waals surface area contributed by atoms with Crippen LogP contribution in [0.25, 0.3) is 11.3 Å². The number of thiazole rings is 1. The third kappa shape index (κ3) is 3.11. The van der Waals surface area contributed by atoms with E-state index < -0.39 is 0 Å². The van der Waals surface area contributed by atoms with E-state index in [1.807, 2.05) is 24.5 Å². The number of nitrogens with one attached hydrogen (secondary N) is 1. The van der Waals surface area contributed by atoms with Crippen LogP contribution in [-0.2, 0) is 6.42 Å². The van der Waals surface area contributed by atoms with Crippen LogP contribution in [0.1, 0.15) is 18.1 Å². The number of rotatable bonds is 4. The molecule has 3 nitrogen and oxygen atoms in total. The molecule has 3 rings (SSSR count). The first kappa shape index (κ1) is 13.8. The molecule has 4 heteroatoms. The fourth-order valence-corrected chi connectivity index (χ4v) is 2.99. The lowest BCUT2D eigenvalue weighted by atomic mass is 10.1. The van der Waals surface area contributed by atoms with Crippen LogP contribution >= 0.6 is 11.3 Å². The average molecular weight is 295 g/mol. The second kappa shape index (κ2) is 6.06. The second-order valence-electron chi connectivity index (χ2n) is 4.92. The van der Waals surface area contributed by atoms with Gasteiger partial charge in [-0.2, -0.15) is 0 Å². The van der Waals surface area contributed by atoms with Gasteiger partial charge in [0.15, 0.2) is 5.13 Å². The van der Waals surface area contributed by atoms with E-state index in [1.54, 1.807) is 11.3 Å². The molecule has 21 heavy (non-hydrogen) atoms. The predicted molar refractivity (Wildman–Crippen MR) is 89.2 cm³/mol. The first-order valence-corrected chi connectivity index (χ1v) is 7.86. The van der Waals surface area contributed by atoms with Gasteiger partial charge in [-0.15, -0.1) is 11.3 Å². The lowest BCUT2D eigenvalue weighted by Gasteiger charge is -2.04. The first-order valence-electron chi connectivity index (χ1n) is 6.98. The van der Waals surface area contributed by atoms with Crippen LogP contribution in [0.5, 0.6) is 0 Å². The lowest BCUT2D eigenvalue weighted by Crippen LogP contribution is -1.92. The van der Waals surface area contributed by atoms with Gasteiger partial charge >= 0.3 is 0 Å². The summed E-state index contributed by atoms with van der Waals surface area (Å²) in [5.41, 5.74) is 5.71. The SMILES string of the molecule is CCc1cnccc1-c1csc(Nc2cccc(C)c2)n1. The maximum absolute atomic E-state index is 4.69. The van der Waals surface area contributed by atoms with Crippen LogP contribution in [0.2, 0.25) is 0 Å². The van der Waals surface area contributed by atoms with Crippen molar-refractivity contribution < 1.29 is 0 Å². The average Bonchev–Trinajstić information content (AvgIpc) is 2.95. The van der Waals surface area contributed by atoms with Gasteiger partial charge in [-0.1, -0.05) is 19.1 Å². The zero-order valence-electron chi connectivity index (χ0n) is 12.1. The van der Waals surface area contributed by atoms with Crippen molar-refractivity contribution in [1.82, 2.24) is 9.97 Å². The molecule has 0 aliphatic carbocycles. The molecule has 0 aliphatic heterocycles. The van der Waals surface area contributed by atoms with Crippen molar-refractivity contribution in [3.8, 4) is 11.3 Å². The molecule has 0 aliphatic rings. The molecule has 0 saturated heterocycles. The van der Waals surface area contributed by atoms with E-state index in [9.17, 15) is 0 Å². The standard InChI is InChI=1S/C17H17N3S/c1-3-13-10-18-8-7-15(13)16-11-21-17(20-16)19-14-6-4-5-12(2)9-14/h4-11H,3H2,1-2H3,(H,19,20). The fourth-order valence-electron chi connectivity index (χ4n) is 2.26. The first-order chi connectivity index (χ1) is 10.3. The van der Waals surface area contributed by atoms with E-state index in [0.29, 0.717) is 0 Å². The molecule has 0 atom stereocenters. The quantitative estimate of drug-likeness (QED) is 0.750. The van der Waals surface area contributed by atoms with E-state index in [0.717, 1.165) is 22.9 Å². The molecule has 0 unspecified atom stereocenters. The Morgan fingerprint density at radius 2 is 2.14 bits per heavy atom. The molecule has 1 N–H and O–H groups in total. The molecule has 0 radical (unpaired) electrons. The van der Waals surface area contributed by atoms with Crippen LogP contribution in [0, 0.1) is 6.92 Å². The van der Waals surface area contributed by atoms with Crippen LogP contribution in [0.3, 0.4) is 0 Å². The summed E-state index contributed by atoms with van der Waals surface area (Å²) in [5, 5.41) is 6.37. The summed E-state index contributed by atoms with van der Waals surface area (Å²) in [6, 6.07) is 10.3. The maximum Gasteiger partial charge on any atom is 0.187 e. The van der Waals surface area contributed by atoms with Gasteiger partial charge in [-0.3, -0.25) is 4.98 Å². The van der Waals surface area contributed by atoms with E-state index in [1.165, 1.54) is 16.7 Å². The smallest absolute Gasteiger partial charge is 0.187 e. The van der Waals surface area contributed by atoms with Crippen molar-refractivity contribution in [2.75, 3.05) is 5.32 Å². The molecule has 106 valence electrons. The molecule has 0 amide bonds. The number of hydrogen-bond donors (Lipinski definition) is 1. The van der Waals surface area contributed by atoms with Crippen molar-refractivity contribution in [2.24, 2.45) is 0 Å². The minimum Gasteiger partial charge on any atom is -0.332 e. The summed E-state index contributed by atoms with van der Waals surface area (Å²) in [5.74, 6) is 0. The zero-order chi connectivity index (χ0) is 14.7. The summed E-state index contributed by atoms with van der Waals surface area (Å²) < 4.78 is 0. The van der Waals surface area contributed by atoms with Crippen molar-refractivity contribution in [3.63, 3.8) is 0 Å². The van der Waals surface area contributed by atoms with Gasteiger partial charge in [-0.05, 0) is 42.7 Å². The number of aromatic nitrogens is 2. The number of aryl methyl sites for hydroxylation is 2. The third-order valence-electron chi connectivity index (χ3n) is 3.33. The molecular weight excluding hydrogens is 278 g/mol. The van der Waals surface area contributed by atoms with Gasteiger partial charge in [0.2, 0.25) is 0 Å². The van der Waals surface area contributed by atoms with Crippen molar-refractivity contribution in [3.05, 3.63) is 59.2 Å². The largest absolute Gasteiger partial charge is 0.332 e. The van der Waals surface area contributed by atoms with Crippen LogP contribution < -0.4 is 5.32 Å². The highest BCUT2D eigenvalue weighted by molar-refractivity contribution is 7.14. The normalized spacial score (nSPS) is 10.6. The highest BCUT2D eigenvalue weighted by atomic mass is 32.1. The molecule has 2 aromatic heterocycles. The summed E-state index contributed by atoms with van der Waals surface area (Å²) in [6.07, 6.45) is 4.70. The van der Waals surface area contributed by atoms with Gasteiger partial charge in [0.05, 0.1) is 5.69 Å². The maximum atomic E-state index is 4.69. The molecule has 0 spiro atoms. The van der Waals surface area contributed by atoms with E-state index in [2.05, 4.69) is 47.7 Å². The number of anilines is 2. The second-order valence-corrected chi connectivity index (χ2v) is 5.78. The fraction of sp³-hybridized carbons (Fsp3) is 0.176. The molecule has 1 aromatic carbocycles. The highest BCUT2D eigenvalue weighted by Crippen LogP contribution is 2.29. The Hall–Kier alpha value is -2.20. The van der Waals surface area contributed by atoms with E-state index in [-0.39, 0.29) is 0 Å². The Morgan fingerprint density at radius 1 is 1.24 bits per heavy atom. The lowest BCUT2D eigenvalue weighted by molar-refractivity contribution is 1.10. The van der Waals surface area contributed by atoms with Gasteiger partial charge in [0.1, 0.15) is 0 Å². The Balaban J connectivity index is 1.86. The molecule has 0 fully saturated rings. The number of hydrogen-bond acceptors (Lipinski definition) is 4. The minimum atomic E-state index is 0.912. The summed E-state index contributed by atoms with van der Waals surface area (Å²) in [7, 11) is 0. The van der Waals surface area contributed by atoms with Gasteiger partial charge in [0, 0.05) is 29.0 Å². The minimum absolute atomic E-state index is 0.912. The molecule has 0 bridgehead atoms. The predicted octanol–water partition coefficient (Wildman–Crippen LogP) is 4.82. The number of pyridine rings is 1. The summed E-state index contributed by atoms with van der Waals surface area (Å²) in [6.45, 7) is 4.22. The third-order valence-corrected chi connectivity index (χ3v) is 4.09. The Kier molecular flexibility index (Phi) is 3.97. The van der Waals surface area contributed by atoms with E-state index in [4.69, 9.17) is 4.98 Å². The van der Waals surface area contributed by atoms with E-state index >= 15 is 0 Å². The molecule has 3 aromatic rings. The zero-order valence-corrected chi connectivity index (χ0v) is 12.9. The summed E-state index contributed by atoms with van der Waals surface area (Å²) in [4.78, 5) is 8.88. The molecular formula is C17H17N3S. The van der Waals surface area contributed by atoms with Crippen LogP contribution in [0.4, 0.5) is 10.8 Å². The Labute approximate surface area is 128 Å². The van der Waals surface area contributed by atoms with Gasteiger partial charge < -0.3 is 5.32 Å². The van der Waals surface area contributed by atoms with Gasteiger partial charge in [-0.25, -0.2) is 4.98 Å². The number of benzene rings is 1. The Bertz CT molecular complexity index is 749. The van der Waals surface area contributed by atoms with Crippen molar-refractivity contribution in [1.29, 1.82) is 0 Å². The molecule has 2 heterocycles. The van der Waals surface area contributed by atoms with Gasteiger partial charge in [0.25, 0.3) is 0 Å².